The molecular weight excluding hydrogens is 235 g/mol. The summed E-state index contributed by atoms with van der Waals surface area (Å²) in [6.45, 7) is 3.72. The summed E-state index contributed by atoms with van der Waals surface area (Å²) in [4.78, 5) is 11.0. The fourth-order valence-corrected chi connectivity index (χ4v) is 2.82. The topological polar surface area (TPSA) is 71.1 Å². The summed E-state index contributed by atoms with van der Waals surface area (Å²) in [5.74, 6) is -0.374. The predicted molar refractivity (Wildman–Crippen MR) is 53.6 cm³/mol. The number of rotatable bonds is 3. The van der Waals surface area contributed by atoms with Crippen LogP contribution < -0.4 is 0 Å². The zero-order valence-corrected chi connectivity index (χ0v) is 9.56. The maximum atomic E-state index is 11.9. The molecule has 0 aromatic rings. The molecule has 7 heteroatoms. The molecular formula is C9H13O6P. The summed E-state index contributed by atoms with van der Waals surface area (Å²) in [5, 5.41) is 0. The van der Waals surface area contributed by atoms with Crippen molar-refractivity contribution in [2.24, 2.45) is 5.92 Å². The molecule has 2 heterocycles. The number of phosphoric acid groups is 1. The summed E-state index contributed by atoms with van der Waals surface area (Å²) in [5.41, 5.74) is 0. The third-order valence-electron chi connectivity index (χ3n) is 2.43. The van der Waals surface area contributed by atoms with E-state index in [1.807, 2.05) is 0 Å². The Hall–Kier alpha value is -0.680. The normalized spacial score (nSPS) is 38.6. The van der Waals surface area contributed by atoms with Crippen molar-refractivity contribution in [3.8, 4) is 0 Å². The van der Waals surface area contributed by atoms with Gasteiger partial charge in [-0.2, -0.15) is 0 Å². The smallest absolute Gasteiger partial charge is 0.459 e. The maximum absolute atomic E-state index is 11.9. The molecule has 0 bridgehead atoms. The average molecular weight is 248 g/mol. The van der Waals surface area contributed by atoms with Crippen LogP contribution in [0.25, 0.3) is 0 Å². The maximum Gasteiger partial charge on any atom is 0.475 e. The van der Waals surface area contributed by atoms with Crippen molar-refractivity contribution in [2.45, 2.75) is 12.5 Å². The Kier molecular flexibility index (Phi) is 3.44. The minimum absolute atomic E-state index is 0.0465. The minimum Gasteiger partial charge on any atom is -0.459 e. The molecule has 0 aliphatic carbocycles. The fourth-order valence-electron chi connectivity index (χ4n) is 1.60. The average Bonchev–Trinajstić information content (AvgIpc) is 2.55. The van der Waals surface area contributed by atoms with Crippen molar-refractivity contribution in [1.29, 1.82) is 0 Å². The number of fused-ring (bicyclic) bond motifs is 1. The summed E-state index contributed by atoms with van der Waals surface area (Å²) in [6.07, 6.45) is 1.35. The Balaban J connectivity index is 1.97. The molecule has 0 aromatic heterocycles. The second-order valence-corrected chi connectivity index (χ2v) is 5.28. The number of esters is 1. The van der Waals surface area contributed by atoms with Crippen molar-refractivity contribution in [3.05, 3.63) is 12.7 Å². The van der Waals surface area contributed by atoms with E-state index in [4.69, 9.17) is 18.3 Å². The van der Waals surface area contributed by atoms with Gasteiger partial charge in [0, 0.05) is 5.92 Å². The first-order valence-electron chi connectivity index (χ1n) is 4.97. The fraction of sp³-hybridized carbons (Fsp3) is 0.667. The van der Waals surface area contributed by atoms with Crippen molar-refractivity contribution < 1.29 is 27.7 Å². The Morgan fingerprint density at radius 2 is 2.25 bits per heavy atom. The van der Waals surface area contributed by atoms with Gasteiger partial charge in [-0.15, -0.1) is 6.58 Å². The van der Waals surface area contributed by atoms with Crippen LogP contribution >= 0.6 is 7.82 Å². The molecule has 16 heavy (non-hydrogen) atoms. The highest BCUT2D eigenvalue weighted by Crippen LogP contribution is 2.52. The van der Waals surface area contributed by atoms with Crippen LogP contribution in [0.1, 0.15) is 6.42 Å². The molecule has 90 valence electrons. The molecule has 0 N–H and O–H groups in total. The lowest BCUT2D eigenvalue weighted by Crippen LogP contribution is -2.21. The Morgan fingerprint density at radius 3 is 3.00 bits per heavy atom. The van der Waals surface area contributed by atoms with Gasteiger partial charge < -0.3 is 4.74 Å². The second kappa shape index (κ2) is 4.67. The van der Waals surface area contributed by atoms with Crippen molar-refractivity contribution >= 4 is 13.8 Å². The standard InChI is InChI=1S/C9H13O6P/c1-2-3-12-16(11)13-5-7-4-9(10)15-8(7)6-14-16/h2,7-8H,1,3-6H2/t7-,8-,16?/m1/s1. The molecule has 3 atom stereocenters. The van der Waals surface area contributed by atoms with E-state index in [-0.39, 0.29) is 44.2 Å². The lowest BCUT2D eigenvalue weighted by atomic mass is 10.0. The largest absolute Gasteiger partial charge is 0.475 e. The van der Waals surface area contributed by atoms with E-state index in [1.54, 1.807) is 0 Å². The summed E-state index contributed by atoms with van der Waals surface area (Å²) >= 11 is 0. The van der Waals surface area contributed by atoms with Crippen LogP contribution in [0.2, 0.25) is 0 Å². The molecule has 2 aliphatic heterocycles. The number of carbonyl (C=O) groups excluding carboxylic acids is 1. The van der Waals surface area contributed by atoms with Crippen LogP contribution in [0.4, 0.5) is 0 Å². The van der Waals surface area contributed by atoms with Gasteiger partial charge in [0.15, 0.2) is 0 Å². The molecule has 0 amide bonds. The van der Waals surface area contributed by atoms with Crippen LogP contribution in [0.5, 0.6) is 0 Å². The SMILES string of the molecule is C=CCOP1(=O)OC[C@H]2CC(=O)O[C@@H]2CO1. The zero-order valence-electron chi connectivity index (χ0n) is 8.66. The number of hydrogen-bond donors (Lipinski definition) is 0. The number of carbonyl (C=O) groups is 1. The van der Waals surface area contributed by atoms with Crippen molar-refractivity contribution in [3.63, 3.8) is 0 Å². The monoisotopic (exact) mass is 248 g/mol. The molecule has 2 rings (SSSR count). The quantitative estimate of drug-likeness (QED) is 0.425. The van der Waals surface area contributed by atoms with Crippen LogP contribution in [0.3, 0.4) is 0 Å². The molecule has 0 aromatic carbocycles. The summed E-state index contributed by atoms with van der Waals surface area (Å²) in [7, 11) is -3.51. The van der Waals surface area contributed by atoms with E-state index in [9.17, 15) is 9.36 Å². The lowest BCUT2D eigenvalue weighted by Gasteiger charge is -2.14. The lowest BCUT2D eigenvalue weighted by molar-refractivity contribution is -0.142. The van der Waals surface area contributed by atoms with Gasteiger partial charge in [0.1, 0.15) is 6.10 Å². The Morgan fingerprint density at radius 1 is 1.50 bits per heavy atom. The van der Waals surface area contributed by atoms with Gasteiger partial charge in [-0.05, 0) is 0 Å². The molecule has 0 saturated carbocycles. The van der Waals surface area contributed by atoms with Crippen LogP contribution in [-0.2, 0) is 27.7 Å². The van der Waals surface area contributed by atoms with E-state index < -0.39 is 7.82 Å². The van der Waals surface area contributed by atoms with E-state index in [1.165, 1.54) is 6.08 Å². The molecule has 2 aliphatic rings. The Labute approximate surface area is 93.1 Å². The first-order valence-corrected chi connectivity index (χ1v) is 6.43. The second-order valence-electron chi connectivity index (χ2n) is 3.62. The molecule has 1 unspecified atom stereocenters. The highest BCUT2D eigenvalue weighted by Gasteiger charge is 2.42. The highest BCUT2D eigenvalue weighted by atomic mass is 31.2. The van der Waals surface area contributed by atoms with Gasteiger partial charge in [0.05, 0.1) is 26.2 Å². The van der Waals surface area contributed by atoms with Crippen molar-refractivity contribution in [2.75, 3.05) is 19.8 Å². The predicted octanol–water partition coefficient (Wildman–Crippen LogP) is 1.28. The number of phosphoric ester groups is 1. The number of hydrogen-bond acceptors (Lipinski definition) is 6. The van der Waals surface area contributed by atoms with Crippen LogP contribution in [0, 0.1) is 5.92 Å². The molecule has 0 spiro atoms. The third-order valence-corrected chi connectivity index (χ3v) is 3.83. The van der Waals surface area contributed by atoms with Gasteiger partial charge in [0.2, 0.25) is 0 Å². The molecule has 0 radical (unpaired) electrons. The number of ether oxygens (including phenoxy) is 1. The molecule has 2 fully saturated rings. The van der Waals surface area contributed by atoms with Gasteiger partial charge in [0.25, 0.3) is 0 Å². The first-order chi connectivity index (χ1) is 7.63. The van der Waals surface area contributed by atoms with Gasteiger partial charge >= 0.3 is 13.8 Å². The van der Waals surface area contributed by atoms with E-state index in [0.29, 0.717) is 0 Å². The Bertz CT molecular complexity index is 319. The third kappa shape index (κ3) is 2.52. The molecule has 6 nitrogen and oxygen atoms in total. The van der Waals surface area contributed by atoms with Gasteiger partial charge in [-0.25, -0.2) is 4.57 Å². The highest BCUT2D eigenvalue weighted by molar-refractivity contribution is 7.48. The first kappa shape index (κ1) is 11.8. The zero-order chi connectivity index (χ0) is 11.6. The van der Waals surface area contributed by atoms with E-state index >= 15 is 0 Å². The summed E-state index contributed by atoms with van der Waals surface area (Å²) in [6, 6.07) is 0. The van der Waals surface area contributed by atoms with Gasteiger partial charge in [-0.3, -0.25) is 18.4 Å². The van der Waals surface area contributed by atoms with E-state index in [2.05, 4.69) is 6.58 Å². The van der Waals surface area contributed by atoms with Crippen LogP contribution in [0.15, 0.2) is 12.7 Å². The summed E-state index contributed by atoms with van der Waals surface area (Å²) < 4.78 is 31.9. The molecule has 2 saturated heterocycles. The van der Waals surface area contributed by atoms with Crippen molar-refractivity contribution in [1.82, 2.24) is 0 Å². The van der Waals surface area contributed by atoms with Crippen LogP contribution in [-0.4, -0.2) is 31.9 Å². The minimum atomic E-state index is -3.51. The van der Waals surface area contributed by atoms with E-state index in [0.717, 1.165) is 0 Å². The van der Waals surface area contributed by atoms with Gasteiger partial charge in [-0.1, -0.05) is 6.08 Å².